The zero-order valence-electron chi connectivity index (χ0n) is 11.5. The number of rotatable bonds is 2. The number of sulfonamides is 1. The van der Waals surface area contributed by atoms with Gasteiger partial charge in [-0.25, -0.2) is 12.8 Å². The van der Waals surface area contributed by atoms with E-state index in [0.29, 0.717) is 19.5 Å². The first-order chi connectivity index (χ1) is 10.00. The standard InChI is InChI=1S/C14H17ClFNO3S/c15-11-4-1-5-12(16)14(11)21(18,19)17-7-6-13-10(9-17)3-2-8-20-13/h1,4-5,10,13H,2-3,6-9H2/t10-,13+/m1/s1. The molecule has 1 aromatic carbocycles. The molecule has 1 aromatic rings. The molecule has 0 aliphatic carbocycles. The third-order valence-electron chi connectivity index (χ3n) is 4.19. The first kappa shape index (κ1) is 15.2. The largest absolute Gasteiger partial charge is 0.378 e. The molecule has 0 saturated carbocycles. The number of halogens is 2. The molecule has 0 unspecified atom stereocenters. The average molecular weight is 334 g/mol. The molecule has 2 fully saturated rings. The molecule has 3 rings (SSSR count). The van der Waals surface area contributed by atoms with Crippen molar-refractivity contribution in [3.63, 3.8) is 0 Å². The van der Waals surface area contributed by atoms with E-state index < -0.39 is 20.7 Å². The SMILES string of the molecule is O=S(=O)(c1c(F)cccc1Cl)N1CC[C@@H]2OCCC[C@@H]2C1. The number of benzene rings is 1. The molecule has 0 radical (unpaired) electrons. The van der Waals surface area contributed by atoms with Gasteiger partial charge >= 0.3 is 0 Å². The van der Waals surface area contributed by atoms with Crippen molar-refractivity contribution in [3.8, 4) is 0 Å². The molecule has 4 nitrogen and oxygen atoms in total. The number of hydrogen-bond donors (Lipinski definition) is 0. The minimum absolute atomic E-state index is 0.0722. The van der Waals surface area contributed by atoms with Crippen LogP contribution in [-0.2, 0) is 14.8 Å². The normalized spacial score (nSPS) is 27.3. The van der Waals surface area contributed by atoms with Gasteiger partial charge in [0.1, 0.15) is 10.7 Å². The van der Waals surface area contributed by atoms with Crippen molar-refractivity contribution < 1.29 is 17.5 Å². The van der Waals surface area contributed by atoms with Gasteiger partial charge < -0.3 is 4.74 Å². The minimum Gasteiger partial charge on any atom is -0.378 e. The predicted octanol–water partition coefficient (Wildman–Crippen LogP) is 2.67. The highest BCUT2D eigenvalue weighted by atomic mass is 35.5. The van der Waals surface area contributed by atoms with Gasteiger partial charge in [0.25, 0.3) is 0 Å². The van der Waals surface area contributed by atoms with E-state index in [1.165, 1.54) is 16.4 Å². The summed E-state index contributed by atoms with van der Waals surface area (Å²) in [4.78, 5) is -0.415. The Morgan fingerprint density at radius 3 is 2.90 bits per heavy atom. The maximum Gasteiger partial charge on any atom is 0.247 e. The Labute approximate surface area is 128 Å². The van der Waals surface area contributed by atoms with E-state index in [-0.39, 0.29) is 17.0 Å². The maximum absolute atomic E-state index is 13.9. The Hall–Kier alpha value is -0.690. The number of piperidine rings is 1. The van der Waals surface area contributed by atoms with Crippen LogP contribution in [0.1, 0.15) is 19.3 Å². The lowest BCUT2D eigenvalue weighted by Gasteiger charge is -2.40. The van der Waals surface area contributed by atoms with Crippen LogP contribution >= 0.6 is 11.6 Å². The second-order valence-electron chi connectivity index (χ2n) is 5.51. The first-order valence-corrected chi connectivity index (χ1v) is 8.87. The molecule has 7 heteroatoms. The monoisotopic (exact) mass is 333 g/mol. The Balaban J connectivity index is 1.89. The van der Waals surface area contributed by atoms with Gasteiger partial charge in [0.15, 0.2) is 0 Å². The molecule has 116 valence electrons. The fourth-order valence-electron chi connectivity index (χ4n) is 3.13. The van der Waals surface area contributed by atoms with Crippen molar-refractivity contribution in [1.29, 1.82) is 0 Å². The quantitative estimate of drug-likeness (QED) is 0.836. The smallest absolute Gasteiger partial charge is 0.247 e. The van der Waals surface area contributed by atoms with Crippen molar-refractivity contribution in [2.45, 2.75) is 30.3 Å². The van der Waals surface area contributed by atoms with Crippen LogP contribution in [0.3, 0.4) is 0 Å². The van der Waals surface area contributed by atoms with Gasteiger partial charge in [-0.3, -0.25) is 0 Å². The molecular weight excluding hydrogens is 317 g/mol. The Bertz CT molecular complexity index is 617. The van der Waals surface area contributed by atoms with Gasteiger partial charge in [-0.05, 0) is 37.3 Å². The average Bonchev–Trinajstić information content (AvgIpc) is 2.46. The summed E-state index contributed by atoms with van der Waals surface area (Å²) in [5.41, 5.74) is 0. The van der Waals surface area contributed by atoms with Crippen LogP contribution in [-0.4, -0.2) is 38.5 Å². The highest BCUT2D eigenvalue weighted by Crippen LogP contribution is 2.33. The fraction of sp³-hybridized carbons (Fsp3) is 0.571. The zero-order chi connectivity index (χ0) is 15.0. The molecule has 0 aromatic heterocycles. The van der Waals surface area contributed by atoms with E-state index >= 15 is 0 Å². The van der Waals surface area contributed by atoms with Gasteiger partial charge in [-0.15, -0.1) is 0 Å². The maximum atomic E-state index is 13.9. The number of hydrogen-bond acceptors (Lipinski definition) is 3. The molecule has 2 aliphatic rings. The molecule has 2 aliphatic heterocycles. The number of nitrogens with zero attached hydrogens (tertiary/aromatic N) is 1. The fourth-order valence-corrected chi connectivity index (χ4v) is 5.21. The summed E-state index contributed by atoms with van der Waals surface area (Å²) in [5.74, 6) is -0.614. The summed E-state index contributed by atoms with van der Waals surface area (Å²) in [7, 11) is -3.90. The molecule has 0 bridgehead atoms. The van der Waals surface area contributed by atoms with Gasteiger partial charge in [0.2, 0.25) is 10.0 Å². The predicted molar refractivity (Wildman–Crippen MR) is 77.2 cm³/mol. The summed E-state index contributed by atoms with van der Waals surface area (Å²) >= 11 is 5.90. The van der Waals surface area contributed by atoms with Gasteiger partial charge in [-0.2, -0.15) is 4.31 Å². The van der Waals surface area contributed by atoms with Crippen LogP contribution in [0.15, 0.2) is 23.1 Å². The molecule has 0 spiro atoms. The highest BCUT2D eigenvalue weighted by molar-refractivity contribution is 7.89. The van der Waals surface area contributed by atoms with Gasteiger partial charge in [0.05, 0.1) is 11.1 Å². The van der Waals surface area contributed by atoms with Crippen molar-refractivity contribution in [1.82, 2.24) is 4.31 Å². The molecular formula is C14H17ClFNO3S. The van der Waals surface area contributed by atoms with Crippen molar-refractivity contribution >= 4 is 21.6 Å². The van der Waals surface area contributed by atoms with Gasteiger partial charge in [-0.1, -0.05) is 17.7 Å². The number of fused-ring (bicyclic) bond motifs is 1. The van der Waals surface area contributed by atoms with E-state index in [9.17, 15) is 12.8 Å². The van der Waals surface area contributed by atoms with Crippen molar-refractivity contribution in [3.05, 3.63) is 29.0 Å². The minimum atomic E-state index is -3.90. The van der Waals surface area contributed by atoms with E-state index in [4.69, 9.17) is 16.3 Å². The Morgan fingerprint density at radius 1 is 1.33 bits per heavy atom. The topological polar surface area (TPSA) is 46.6 Å². The molecule has 2 saturated heterocycles. The third kappa shape index (κ3) is 2.82. The lowest BCUT2D eigenvalue weighted by Crippen LogP contribution is -2.48. The summed E-state index contributed by atoms with van der Waals surface area (Å²) in [6.07, 6.45) is 2.66. The van der Waals surface area contributed by atoms with E-state index in [1.807, 2.05) is 0 Å². The molecule has 0 amide bonds. The van der Waals surface area contributed by atoms with Gasteiger partial charge in [0, 0.05) is 19.7 Å². The number of ether oxygens (including phenoxy) is 1. The van der Waals surface area contributed by atoms with Crippen molar-refractivity contribution in [2.24, 2.45) is 5.92 Å². The lowest BCUT2D eigenvalue weighted by molar-refractivity contribution is -0.0534. The molecule has 21 heavy (non-hydrogen) atoms. The van der Waals surface area contributed by atoms with Crippen LogP contribution in [0.5, 0.6) is 0 Å². The van der Waals surface area contributed by atoms with Crippen LogP contribution in [0.4, 0.5) is 4.39 Å². The second kappa shape index (κ2) is 5.83. The van der Waals surface area contributed by atoms with Crippen LogP contribution in [0, 0.1) is 11.7 Å². The van der Waals surface area contributed by atoms with Crippen LogP contribution in [0.25, 0.3) is 0 Å². The highest BCUT2D eigenvalue weighted by Gasteiger charge is 2.38. The zero-order valence-corrected chi connectivity index (χ0v) is 13.0. The Morgan fingerprint density at radius 2 is 2.14 bits per heavy atom. The molecule has 0 N–H and O–H groups in total. The summed E-state index contributed by atoms with van der Waals surface area (Å²) in [6, 6.07) is 3.92. The van der Waals surface area contributed by atoms with Crippen LogP contribution < -0.4 is 0 Å². The van der Waals surface area contributed by atoms with E-state index in [1.54, 1.807) is 0 Å². The summed E-state index contributed by atoms with van der Waals surface area (Å²) in [5, 5.41) is -0.0722. The Kier molecular flexibility index (Phi) is 4.23. The summed E-state index contributed by atoms with van der Waals surface area (Å²) < 4.78 is 46.3. The van der Waals surface area contributed by atoms with E-state index in [2.05, 4.69) is 0 Å². The van der Waals surface area contributed by atoms with Crippen LogP contribution in [0.2, 0.25) is 5.02 Å². The third-order valence-corrected chi connectivity index (χ3v) is 6.56. The van der Waals surface area contributed by atoms with Crippen molar-refractivity contribution in [2.75, 3.05) is 19.7 Å². The first-order valence-electron chi connectivity index (χ1n) is 7.06. The molecule has 2 atom stereocenters. The summed E-state index contributed by atoms with van der Waals surface area (Å²) in [6.45, 7) is 1.46. The van der Waals surface area contributed by atoms with E-state index in [0.717, 1.165) is 25.5 Å². The molecule has 2 heterocycles. The second-order valence-corrected chi connectivity index (χ2v) is 7.80. The lowest BCUT2D eigenvalue weighted by atomic mass is 9.90.